The first-order valence-corrected chi connectivity index (χ1v) is 11.7. The van der Waals surface area contributed by atoms with Gasteiger partial charge in [0.1, 0.15) is 0 Å². The maximum atomic E-state index is 9.37. The third-order valence-electron chi connectivity index (χ3n) is 4.87. The summed E-state index contributed by atoms with van der Waals surface area (Å²) in [4.78, 5) is 0. The molecule has 5 rings (SSSR count). The van der Waals surface area contributed by atoms with Gasteiger partial charge in [-0.2, -0.15) is 0 Å². The van der Waals surface area contributed by atoms with Gasteiger partial charge in [0.05, 0.1) is 5.39 Å². The molecule has 0 amide bonds. The molecular weight excluding hydrogens is 401 g/mol. The number of aromatic nitrogens is 1. The van der Waals surface area contributed by atoms with Gasteiger partial charge in [0.2, 0.25) is 6.20 Å². The highest BCUT2D eigenvalue weighted by molar-refractivity contribution is 7.79. The minimum atomic E-state index is -0.446. The predicted molar refractivity (Wildman–Crippen MR) is 129 cm³/mol. The summed E-state index contributed by atoms with van der Waals surface area (Å²) in [6.45, 7) is 2.76. The number of hydrogen-bond acceptors (Lipinski definition) is 2. The monoisotopic (exact) mass is 426 g/mol. The highest BCUT2D eigenvalue weighted by Gasteiger charge is 2.15. The zero-order chi connectivity index (χ0) is 21.5. The van der Waals surface area contributed by atoms with E-state index in [2.05, 4.69) is 91.0 Å². The Kier molecular flexibility index (Phi) is 6.76. The molecule has 0 fully saturated rings. The second-order valence-corrected chi connectivity index (χ2v) is 9.21. The number of para-hydroxylation sites is 1. The molecule has 0 unspecified atom stereocenters. The van der Waals surface area contributed by atoms with Crippen molar-refractivity contribution in [2.45, 2.75) is 13.5 Å². The molecule has 0 radical (unpaired) electrons. The number of aryl methyl sites for hydroxylation is 1. The lowest BCUT2D eigenvalue weighted by Crippen LogP contribution is -2.27. The number of nitrogens with zero attached hydrogens (tertiary/aromatic N) is 1. The Morgan fingerprint density at radius 3 is 1.58 bits per heavy atom. The van der Waals surface area contributed by atoms with Crippen molar-refractivity contribution >= 4 is 34.8 Å². The van der Waals surface area contributed by atoms with E-state index in [9.17, 15) is 5.11 Å². The van der Waals surface area contributed by atoms with Gasteiger partial charge in [-0.3, -0.25) is 0 Å². The smallest absolute Gasteiger partial charge is 0.258 e. The predicted octanol–water partition coefficient (Wildman–Crippen LogP) is 4.89. The number of benzene rings is 4. The van der Waals surface area contributed by atoms with E-state index in [1.54, 1.807) is 16.9 Å². The van der Waals surface area contributed by atoms with E-state index in [-0.39, 0.29) is 5.75 Å². The molecule has 0 spiro atoms. The first-order valence-electron chi connectivity index (χ1n) is 10.3. The minimum absolute atomic E-state index is 0.194. The van der Waals surface area contributed by atoms with Crippen LogP contribution < -0.4 is 20.7 Å². The topological polar surface area (TPSA) is 37.2 Å². The van der Waals surface area contributed by atoms with Gasteiger partial charge in [0.25, 0.3) is 5.58 Å². The van der Waals surface area contributed by atoms with Crippen molar-refractivity contribution in [1.82, 2.24) is 0 Å². The summed E-state index contributed by atoms with van der Waals surface area (Å²) in [6, 6.07) is 37.6. The molecule has 1 heterocycles. The Morgan fingerprint density at radius 1 is 0.677 bits per heavy atom. The molecule has 4 aromatic carbocycles. The Balaban J connectivity index is 0.000000166. The van der Waals surface area contributed by atoms with Crippen LogP contribution in [0, 0.1) is 0 Å². The quantitative estimate of drug-likeness (QED) is 0.328. The van der Waals surface area contributed by atoms with E-state index in [1.165, 1.54) is 15.9 Å². The van der Waals surface area contributed by atoms with Crippen molar-refractivity contribution in [3.63, 3.8) is 0 Å². The number of fused-ring (bicyclic) bond motifs is 1. The Hall–Kier alpha value is -3.42. The fourth-order valence-electron chi connectivity index (χ4n) is 3.38. The number of phenolic OH excluding ortho intramolecular Hbond substituents is 1. The van der Waals surface area contributed by atoms with Crippen molar-refractivity contribution in [1.29, 1.82) is 0 Å². The van der Waals surface area contributed by atoms with Crippen LogP contribution in [0.15, 0.2) is 120 Å². The Bertz CT molecular complexity index is 1130. The molecule has 4 heteroatoms. The molecule has 0 aliphatic rings. The van der Waals surface area contributed by atoms with Crippen LogP contribution in [0.5, 0.6) is 5.75 Å². The SMILES string of the molecule is CC[n+]1cc2cccc(O)c2o1.c1ccc(P(c2ccccc2)c2ccccc2)cc1. The fourth-order valence-corrected chi connectivity index (χ4v) is 5.68. The van der Waals surface area contributed by atoms with E-state index >= 15 is 0 Å². The second-order valence-electron chi connectivity index (χ2n) is 6.99. The molecule has 31 heavy (non-hydrogen) atoms. The van der Waals surface area contributed by atoms with Crippen molar-refractivity contribution in [2.75, 3.05) is 0 Å². The number of phenols is 1. The third kappa shape index (κ3) is 5.02. The molecule has 0 saturated carbocycles. The van der Waals surface area contributed by atoms with Gasteiger partial charge in [-0.05, 0) is 47.6 Å². The lowest BCUT2D eigenvalue weighted by molar-refractivity contribution is -0.857. The summed E-state index contributed by atoms with van der Waals surface area (Å²) in [6.07, 6.45) is 1.87. The summed E-state index contributed by atoms with van der Waals surface area (Å²) in [5.74, 6) is 0.194. The highest BCUT2D eigenvalue weighted by Crippen LogP contribution is 2.32. The molecule has 0 atom stereocenters. The van der Waals surface area contributed by atoms with Crippen LogP contribution in [-0.2, 0) is 6.54 Å². The normalized spacial score (nSPS) is 10.6. The zero-order valence-electron chi connectivity index (χ0n) is 17.4. The summed E-state index contributed by atoms with van der Waals surface area (Å²) in [5, 5.41) is 14.5. The van der Waals surface area contributed by atoms with Gasteiger partial charge >= 0.3 is 0 Å². The molecule has 3 nitrogen and oxygen atoms in total. The van der Waals surface area contributed by atoms with Gasteiger partial charge in [-0.25, -0.2) is 4.52 Å². The van der Waals surface area contributed by atoms with E-state index in [0.29, 0.717) is 5.58 Å². The second kappa shape index (κ2) is 10.1. The molecule has 0 aliphatic heterocycles. The lowest BCUT2D eigenvalue weighted by Gasteiger charge is -2.18. The van der Waals surface area contributed by atoms with Crippen LogP contribution in [-0.4, -0.2) is 5.11 Å². The van der Waals surface area contributed by atoms with Crippen molar-refractivity contribution in [3.05, 3.63) is 115 Å². The van der Waals surface area contributed by atoms with Gasteiger partial charge in [-0.1, -0.05) is 97.1 Å². The van der Waals surface area contributed by atoms with Crippen LogP contribution in [0.25, 0.3) is 11.0 Å². The third-order valence-corrected chi connectivity index (χ3v) is 7.31. The van der Waals surface area contributed by atoms with E-state index in [1.807, 2.05) is 19.2 Å². The summed E-state index contributed by atoms with van der Waals surface area (Å²) >= 11 is 0. The Morgan fingerprint density at radius 2 is 1.16 bits per heavy atom. The van der Waals surface area contributed by atoms with Gasteiger partial charge in [0, 0.05) is 0 Å². The summed E-state index contributed by atoms with van der Waals surface area (Å²) in [5.41, 5.74) is 0.555. The lowest BCUT2D eigenvalue weighted by atomic mass is 10.2. The first-order chi connectivity index (χ1) is 15.3. The fraction of sp³-hybridized carbons (Fsp3) is 0.0741. The Labute approximate surface area is 183 Å². The molecule has 5 aromatic rings. The summed E-state index contributed by atoms with van der Waals surface area (Å²) in [7, 11) is -0.446. The molecule has 154 valence electrons. The molecule has 1 aromatic heterocycles. The van der Waals surface area contributed by atoms with Crippen molar-refractivity contribution in [2.24, 2.45) is 0 Å². The van der Waals surface area contributed by atoms with Gasteiger partial charge < -0.3 is 5.11 Å². The zero-order valence-corrected chi connectivity index (χ0v) is 18.3. The number of hydrogen-bond donors (Lipinski definition) is 1. The highest BCUT2D eigenvalue weighted by atomic mass is 31.1. The molecule has 1 N–H and O–H groups in total. The summed E-state index contributed by atoms with van der Waals surface area (Å²) < 4.78 is 7.00. The molecule has 0 saturated heterocycles. The van der Waals surface area contributed by atoms with Crippen LogP contribution >= 0.6 is 7.92 Å². The van der Waals surface area contributed by atoms with E-state index in [4.69, 9.17) is 4.52 Å². The maximum absolute atomic E-state index is 9.37. The number of rotatable bonds is 4. The van der Waals surface area contributed by atoms with Gasteiger partial charge in [-0.15, -0.1) is 0 Å². The molecular formula is C27H25NO2P+. The minimum Gasteiger partial charge on any atom is -0.504 e. The van der Waals surface area contributed by atoms with Crippen molar-refractivity contribution in [3.8, 4) is 5.75 Å². The average Bonchev–Trinajstić information content (AvgIpc) is 3.27. The number of aromatic hydroxyl groups is 1. The van der Waals surface area contributed by atoms with Gasteiger partial charge in [0.15, 0.2) is 12.3 Å². The first kappa shape index (κ1) is 20.8. The molecule has 0 aliphatic carbocycles. The van der Waals surface area contributed by atoms with Crippen LogP contribution in [0.2, 0.25) is 0 Å². The van der Waals surface area contributed by atoms with Crippen LogP contribution in [0.3, 0.4) is 0 Å². The average molecular weight is 426 g/mol. The molecule has 0 bridgehead atoms. The van der Waals surface area contributed by atoms with E-state index in [0.717, 1.165) is 11.9 Å². The van der Waals surface area contributed by atoms with E-state index < -0.39 is 7.92 Å². The van der Waals surface area contributed by atoms with Crippen molar-refractivity contribution < 1.29 is 14.4 Å². The maximum Gasteiger partial charge on any atom is 0.258 e. The van der Waals surface area contributed by atoms with Crippen LogP contribution in [0.1, 0.15) is 6.92 Å². The standard InChI is InChI=1S/C18H15P.C9H9NO2/c1-4-10-16(11-5-1)19(17-12-6-2-7-13-17)18-14-8-3-9-15-18;1-2-10-6-7-4-3-5-8(11)9(7)12-10/h1-15H;3-6H,2H2,1H3/p+1. The largest absolute Gasteiger partial charge is 0.504 e. The van der Waals surface area contributed by atoms with Crippen LogP contribution in [0.4, 0.5) is 0 Å².